The number of rotatable bonds is 4. The molecule has 1 N–H and O–H groups in total. The largest absolute Gasteiger partial charge is 0.356 e. The number of thioether (sulfide) groups is 1. The minimum Gasteiger partial charge on any atom is -0.356 e. The quantitative estimate of drug-likeness (QED) is 0.902. The van der Waals surface area contributed by atoms with Crippen LogP contribution in [0.25, 0.3) is 0 Å². The molecular formula is C14H21N3S. The van der Waals surface area contributed by atoms with Crippen molar-refractivity contribution in [2.45, 2.75) is 31.8 Å². The highest BCUT2D eigenvalue weighted by Gasteiger charge is 2.20. The summed E-state index contributed by atoms with van der Waals surface area (Å²) in [6, 6.07) is 5.16. The van der Waals surface area contributed by atoms with Gasteiger partial charge in [-0.2, -0.15) is 11.8 Å². The molecule has 3 rings (SSSR count). The summed E-state index contributed by atoms with van der Waals surface area (Å²) in [5.74, 6) is 3.68. The molecule has 1 saturated heterocycles. The SMILES string of the molecule is c1cc(CNC2CC2)cc(N2CCCSCC2)n1. The summed E-state index contributed by atoms with van der Waals surface area (Å²) in [7, 11) is 0. The average Bonchev–Trinajstić information content (AvgIpc) is 3.24. The molecule has 2 heterocycles. The third-order valence-electron chi connectivity index (χ3n) is 3.53. The molecule has 18 heavy (non-hydrogen) atoms. The predicted molar refractivity (Wildman–Crippen MR) is 78.3 cm³/mol. The Morgan fingerprint density at radius 1 is 1.33 bits per heavy atom. The Labute approximate surface area is 113 Å². The van der Waals surface area contributed by atoms with E-state index in [1.807, 2.05) is 6.20 Å². The van der Waals surface area contributed by atoms with E-state index in [2.05, 4.69) is 39.1 Å². The van der Waals surface area contributed by atoms with E-state index in [0.717, 1.165) is 31.5 Å². The van der Waals surface area contributed by atoms with Gasteiger partial charge >= 0.3 is 0 Å². The molecule has 0 radical (unpaired) electrons. The van der Waals surface area contributed by atoms with Gasteiger partial charge in [-0.3, -0.25) is 0 Å². The Morgan fingerprint density at radius 3 is 3.17 bits per heavy atom. The van der Waals surface area contributed by atoms with Gasteiger partial charge in [0, 0.05) is 37.6 Å². The molecule has 1 aliphatic carbocycles. The van der Waals surface area contributed by atoms with Crippen molar-refractivity contribution in [1.29, 1.82) is 0 Å². The van der Waals surface area contributed by atoms with Gasteiger partial charge in [0.1, 0.15) is 5.82 Å². The van der Waals surface area contributed by atoms with Crippen LogP contribution in [0.5, 0.6) is 0 Å². The summed E-state index contributed by atoms with van der Waals surface area (Å²) in [6.45, 7) is 3.28. The van der Waals surface area contributed by atoms with Crippen LogP contribution in [0.4, 0.5) is 5.82 Å². The monoisotopic (exact) mass is 263 g/mol. The number of nitrogens with zero attached hydrogens (tertiary/aromatic N) is 2. The maximum atomic E-state index is 4.54. The van der Waals surface area contributed by atoms with E-state index >= 15 is 0 Å². The first-order valence-electron chi connectivity index (χ1n) is 6.93. The first-order valence-corrected chi connectivity index (χ1v) is 8.08. The fourth-order valence-corrected chi connectivity index (χ4v) is 3.16. The minimum atomic E-state index is 0.774. The average molecular weight is 263 g/mol. The second-order valence-electron chi connectivity index (χ2n) is 5.13. The fraction of sp³-hybridized carbons (Fsp3) is 0.643. The van der Waals surface area contributed by atoms with E-state index in [0.29, 0.717) is 0 Å². The van der Waals surface area contributed by atoms with Crippen molar-refractivity contribution in [1.82, 2.24) is 10.3 Å². The molecule has 3 nitrogen and oxygen atoms in total. The van der Waals surface area contributed by atoms with Crippen LogP contribution in [-0.4, -0.2) is 35.6 Å². The summed E-state index contributed by atoms with van der Waals surface area (Å²) < 4.78 is 0. The van der Waals surface area contributed by atoms with Crippen LogP contribution in [0.2, 0.25) is 0 Å². The Morgan fingerprint density at radius 2 is 2.28 bits per heavy atom. The van der Waals surface area contributed by atoms with Gasteiger partial charge in [0.2, 0.25) is 0 Å². The zero-order chi connectivity index (χ0) is 12.2. The lowest BCUT2D eigenvalue weighted by molar-refractivity contribution is 0.686. The zero-order valence-corrected chi connectivity index (χ0v) is 11.6. The number of nitrogens with one attached hydrogen (secondary N) is 1. The van der Waals surface area contributed by atoms with E-state index in [4.69, 9.17) is 0 Å². The molecule has 2 fully saturated rings. The number of pyridine rings is 1. The normalized spacial score (nSPS) is 20.8. The maximum absolute atomic E-state index is 4.54. The van der Waals surface area contributed by atoms with Crippen LogP contribution >= 0.6 is 11.8 Å². The smallest absolute Gasteiger partial charge is 0.128 e. The van der Waals surface area contributed by atoms with Crippen molar-refractivity contribution >= 4 is 17.6 Å². The summed E-state index contributed by atoms with van der Waals surface area (Å²) in [4.78, 5) is 6.97. The molecule has 1 aliphatic heterocycles. The van der Waals surface area contributed by atoms with Crippen molar-refractivity contribution in [3.8, 4) is 0 Å². The van der Waals surface area contributed by atoms with Gasteiger partial charge in [-0.25, -0.2) is 4.98 Å². The first-order chi connectivity index (χ1) is 8.92. The lowest BCUT2D eigenvalue weighted by Gasteiger charge is -2.21. The number of hydrogen-bond donors (Lipinski definition) is 1. The van der Waals surface area contributed by atoms with Crippen LogP contribution in [-0.2, 0) is 6.54 Å². The van der Waals surface area contributed by atoms with Crippen LogP contribution in [0.15, 0.2) is 18.3 Å². The molecule has 1 aromatic heterocycles. The van der Waals surface area contributed by atoms with E-state index in [1.54, 1.807) is 0 Å². The Kier molecular flexibility index (Phi) is 4.06. The summed E-state index contributed by atoms with van der Waals surface area (Å²) in [6.07, 6.45) is 5.93. The summed E-state index contributed by atoms with van der Waals surface area (Å²) in [5.41, 5.74) is 1.36. The molecule has 0 atom stereocenters. The maximum Gasteiger partial charge on any atom is 0.128 e. The molecule has 2 aliphatic rings. The third kappa shape index (κ3) is 3.39. The Hall–Kier alpha value is -0.740. The Bertz CT molecular complexity index is 384. The summed E-state index contributed by atoms with van der Waals surface area (Å²) in [5, 5.41) is 3.56. The third-order valence-corrected chi connectivity index (χ3v) is 4.58. The predicted octanol–water partition coefficient (Wildman–Crippen LogP) is 2.28. The molecule has 0 unspecified atom stereocenters. The van der Waals surface area contributed by atoms with Crippen LogP contribution in [0.3, 0.4) is 0 Å². The van der Waals surface area contributed by atoms with Crippen molar-refractivity contribution in [2.75, 3.05) is 29.5 Å². The van der Waals surface area contributed by atoms with Crippen LogP contribution in [0.1, 0.15) is 24.8 Å². The van der Waals surface area contributed by atoms with Crippen molar-refractivity contribution < 1.29 is 0 Å². The second kappa shape index (κ2) is 5.93. The highest BCUT2D eigenvalue weighted by molar-refractivity contribution is 7.99. The van der Waals surface area contributed by atoms with Gasteiger partial charge in [-0.05, 0) is 42.7 Å². The number of aromatic nitrogens is 1. The molecule has 1 aromatic rings. The van der Waals surface area contributed by atoms with Crippen molar-refractivity contribution in [2.24, 2.45) is 0 Å². The minimum absolute atomic E-state index is 0.774. The lowest BCUT2D eigenvalue weighted by atomic mass is 10.2. The topological polar surface area (TPSA) is 28.2 Å². The van der Waals surface area contributed by atoms with Gasteiger partial charge in [0.25, 0.3) is 0 Å². The van der Waals surface area contributed by atoms with Gasteiger partial charge < -0.3 is 10.2 Å². The molecule has 0 amide bonds. The van der Waals surface area contributed by atoms with Crippen molar-refractivity contribution in [3.05, 3.63) is 23.9 Å². The van der Waals surface area contributed by atoms with Gasteiger partial charge in [-0.15, -0.1) is 0 Å². The van der Waals surface area contributed by atoms with E-state index in [1.165, 1.54) is 36.3 Å². The highest BCUT2D eigenvalue weighted by Crippen LogP contribution is 2.21. The molecular weight excluding hydrogens is 242 g/mol. The van der Waals surface area contributed by atoms with Crippen LogP contribution < -0.4 is 10.2 Å². The Balaban J connectivity index is 1.64. The number of anilines is 1. The molecule has 4 heteroatoms. The van der Waals surface area contributed by atoms with Gasteiger partial charge in [0.05, 0.1) is 0 Å². The molecule has 0 aromatic carbocycles. The molecule has 1 saturated carbocycles. The first kappa shape index (κ1) is 12.3. The molecule has 0 spiro atoms. The van der Waals surface area contributed by atoms with Crippen molar-refractivity contribution in [3.63, 3.8) is 0 Å². The second-order valence-corrected chi connectivity index (χ2v) is 6.36. The van der Waals surface area contributed by atoms with Gasteiger partial charge in [-0.1, -0.05) is 0 Å². The molecule has 0 bridgehead atoms. The lowest BCUT2D eigenvalue weighted by Crippen LogP contribution is -2.26. The van der Waals surface area contributed by atoms with Gasteiger partial charge in [0.15, 0.2) is 0 Å². The number of hydrogen-bond acceptors (Lipinski definition) is 4. The fourth-order valence-electron chi connectivity index (χ4n) is 2.27. The van der Waals surface area contributed by atoms with E-state index in [-0.39, 0.29) is 0 Å². The van der Waals surface area contributed by atoms with Crippen LogP contribution in [0, 0.1) is 0 Å². The van der Waals surface area contributed by atoms with E-state index in [9.17, 15) is 0 Å². The molecule has 98 valence electrons. The summed E-state index contributed by atoms with van der Waals surface area (Å²) >= 11 is 2.06. The van der Waals surface area contributed by atoms with E-state index < -0.39 is 0 Å². The highest BCUT2D eigenvalue weighted by atomic mass is 32.2. The zero-order valence-electron chi connectivity index (χ0n) is 10.8. The standard InChI is InChI=1S/C14H21N3S/c1-6-17(7-9-18-8-1)14-10-12(4-5-15-14)11-16-13-2-3-13/h4-5,10,13,16H,1-3,6-9,11H2.